The van der Waals surface area contributed by atoms with Crippen LogP contribution in [0.15, 0.2) is 0 Å². The highest BCUT2D eigenvalue weighted by molar-refractivity contribution is 4.70. The number of nitrogens with zero attached hydrogens (tertiary/aromatic N) is 1. The minimum absolute atomic E-state index is 0.333. The summed E-state index contributed by atoms with van der Waals surface area (Å²) in [5.41, 5.74) is 5.91. The summed E-state index contributed by atoms with van der Waals surface area (Å²) < 4.78 is 5.34. The Kier molecular flexibility index (Phi) is 5.45. The molecule has 3 nitrogen and oxygen atoms in total. The van der Waals surface area contributed by atoms with Crippen LogP contribution in [0.3, 0.4) is 0 Å². The summed E-state index contributed by atoms with van der Waals surface area (Å²) in [6.07, 6.45) is 3.50. The van der Waals surface area contributed by atoms with E-state index in [1.807, 2.05) is 0 Å². The normalized spacial score (nSPS) is 21.4. The van der Waals surface area contributed by atoms with E-state index in [-0.39, 0.29) is 0 Å². The van der Waals surface area contributed by atoms with Crippen LogP contribution in [0, 0.1) is 5.92 Å². The minimum Gasteiger partial charge on any atom is -0.381 e. The first-order chi connectivity index (χ1) is 6.72. The van der Waals surface area contributed by atoms with Crippen molar-refractivity contribution in [3.05, 3.63) is 0 Å². The highest BCUT2D eigenvalue weighted by atomic mass is 16.5. The summed E-state index contributed by atoms with van der Waals surface area (Å²) in [6.45, 7) is 6.23. The molecule has 0 aromatic carbocycles. The van der Waals surface area contributed by atoms with Gasteiger partial charge in [-0.05, 0) is 32.2 Å². The molecular formula is C11H24N2O. The third kappa shape index (κ3) is 4.40. The number of rotatable bonds is 5. The van der Waals surface area contributed by atoms with Crippen LogP contribution < -0.4 is 5.73 Å². The summed E-state index contributed by atoms with van der Waals surface area (Å²) in [7, 11) is 2.17. The first kappa shape index (κ1) is 12.0. The molecule has 1 unspecified atom stereocenters. The average Bonchev–Trinajstić information content (AvgIpc) is 2.19. The molecule has 0 bridgehead atoms. The second kappa shape index (κ2) is 6.38. The van der Waals surface area contributed by atoms with Gasteiger partial charge in [0.2, 0.25) is 0 Å². The van der Waals surface area contributed by atoms with Crippen molar-refractivity contribution in [3.8, 4) is 0 Å². The smallest absolute Gasteiger partial charge is 0.0469 e. The summed E-state index contributed by atoms with van der Waals surface area (Å²) in [6, 6.07) is 0.333. The predicted octanol–water partition coefficient (Wildman–Crippen LogP) is 1.08. The van der Waals surface area contributed by atoms with Gasteiger partial charge in [0, 0.05) is 32.3 Å². The quantitative estimate of drug-likeness (QED) is 0.722. The van der Waals surface area contributed by atoms with Gasteiger partial charge in [0.25, 0.3) is 0 Å². The molecule has 84 valence electrons. The molecule has 14 heavy (non-hydrogen) atoms. The Morgan fingerprint density at radius 3 is 2.64 bits per heavy atom. The molecule has 1 fully saturated rings. The van der Waals surface area contributed by atoms with Gasteiger partial charge in [-0.2, -0.15) is 0 Å². The lowest BCUT2D eigenvalue weighted by molar-refractivity contribution is 0.0551. The van der Waals surface area contributed by atoms with Crippen molar-refractivity contribution in [1.29, 1.82) is 0 Å². The molecule has 1 atom stereocenters. The van der Waals surface area contributed by atoms with Crippen molar-refractivity contribution in [1.82, 2.24) is 4.90 Å². The topological polar surface area (TPSA) is 38.5 Å². The molecule has 0 aliphatic carbocycles. The average molecular weight is 200 g/mol. The lowest BCUT2D eigenvalue weighted by Gasteiger charge is -2.28. The van der Waals surface area contributed by atoms with Crippen LogP contribution in [-0.2, 0) is 4.74 Å². The number of hydrogen-bond donors (Lipinski definition) is 1. The zero-order valence-electron chi connectivity index (χ0n) is 9.54. The monoisotopic (exact) mass is 200 g/mol. The van der Waals surface area contributed by atoms with Gasteiger partial charge in [-0.25, -0.2) is 0 Å². The first-order valence-corrected chi connectivity index (χ1v) is 5.74. The SMILES string of the molecule is CCC(N)CN(C)CC1CCOCC1. The van der Waals surface area contributed by atoms with Gasteiger partial charge in [0.05, 0.1) is 0 Å². The van der Waals surface area contributed by atoms with Gasteiger partial charge < -0.3 is 15.4 Å². The highest BCUT2D eigenvalue weighted by Gasteiger charge is 2.16. The summed E-state index contributed by atoms with van der Waals surface area (Å²) in [5, 5.41) is 0. The summed E-state index contributed by atoms with van der Waals surface area (Å²) >= 11 is 0. The number of nitrogens with two attached hydrogens (primary N) is 1. The Balaban J connectivity index is 2.14. The third-order valence-corrected chi connectivity index (χ3v) is 2.98. The van der Waals surface area contributed by atoms with E-state index in [1.54, 1.807) is 0 Å². The molecule has 1 aliphatic rings. The lowest BCUT2D eigenvalue weighted by Crippen LogP contribution is -2.38. The fraction of sp³-hybridized carbons (Fsp3) is 1.00. The standard InChI is InChI=1S/C11H24N2O/c1-3-11(12)9-13(2)8-10-4-6-14-7-5-10/h10-11H,3-9,12H2,1-2H3. The highest BCUT2D eigenvalue weighted by Crippen LogP contribution is 2.15. The van der Waals surface area contributed by atoms with Crippen LogP contribution in [0.2, 0.25) is 0 Å². The van der Waals surface area contributed by atoms with Crippen molar-refractivity contribution in [3.63, 3.8) is 0 Å². The minimum atomic E-state index is 0.333. The van der Waals surface area contributed by atoms with Crippen molar-refractivity contribution in [2.24, 2.45) is 11.7 Å². The molecule has 0 aromatic heterocycles. The van der Waals surface area contributed by atoms with Crippen molar-refractivity contribution >= 4 is 0 Å². The fourth-order valence-corrected chi connectivity index (χ4v) is 1.97. The van der Waals surface area contributed by atoms with Gasteiger partial charge in [-0.15, -0.1) is 0 Å². The Bertz CT molecular complexity index is 146. The Morgan fingerprint density at radius 1 is 1.43 bits per heavy atom. The van der Waals surface area contributed by atoms with Gasteiger partial charge >= 0.3 is 0 Å². The molecule has 3 heteroatoms. The number of ether oxygens (including phenoxy) is 1. The summed E-state index contributed by atoms with van der Waals surface area (Å²) in [4.78, 5) is 2.37. The molecule has 0 radical (unpaired) electrons. The van der Waals surface area contributed by atoms with E-state index in [2.05, 4.69) is 18.9 Å². The number of hydrogen-bond acceptors (Lipinski definition) is 3. The molecule has 0 spiro atoms. The molecule has 1 heterocycles. The van der Waals surface area contributed by atoms with Crippen LogP contribution >= 0.6 is 0 Å². The largest absolute Gasteiger partial charge is 0.381 e. The van der Waals surface area contributed by atoms with E-state index in [0.717, 1.165) is 32.1 Å². The van der Waals surface area contributed by atoms with Crippen LogP contribution in [0.4, 0.5) is 0 Å². The maximum Gasteiger partial charge on any atom is 0.0469 e. The van der Waals surface area contributed by atoms with Gasteiger partial charge in [-0.3, -0.25) is 0 Å². The Morgan fingerprint density at radius 2 is 2.07 bits per heavy atom. The van der Waals surface area contributed by atoms with Crippen LogP contribution in [-0.4, -0.2) is 44.3 Å². The molecule has 0 aromatic rings. The predicted molar refractivity (Wildman–Crippen MR) is 59.3 cm³/mol. The Labute approximate surface area is 87.6 Å². The van der Waals surface area contributed by atoms with Crippen LogP contribution in [0.25, 0.3) is 0 Å². The van der Waals surface area contributed by atoms with Crippen molar-refractivity contribution < 1.29 is 4.74 Å². The second-order valence-corrected chi connectivity index (χ2v) is 4.45. The van der Waals surface area contributed by atoms with Crippen LogP contribution in [0.5, 0.6) is 0 Å². The van der Waals surface area contributed by atoms with Gasteiger partial charge in [0.1, 0.15) is 0 Å². The maximum absolute atomic E-state index is 5.91. The molecule has 2 N–H and O–H groups in total. The van der Waals surface area contributed by atoms with Gasteiger partial charge in [-0.1, -0.05) is 6.92 Å². The molecule has 1 rings (SSSR count). The lowest BCUT2D eigenvalue weighted by atomic mass is 10.00. The molecular weight excluding hydrogens is 176 g/mol. The summed E-state index contributed by atoms with van der Waals surface area (Å²) in [5.74, 6) is 0.817. The molecule has 1 aliphatic heterocycles. The maximum atomic E-state index is 5.91. The fourth-order valence-electron chi connectivity index (χ4n) is 1.97. The molecule has 0 amide bonds. The zero-order chi connectivity index (χ0) is 10.4. The second-order valence-electron chi connectivity index (χ2n) is 4.45. The Hall–Kier alpha value is -0.120. The van der Waals surface area contributed by atoms with Crippen molar-refractivity contribution in [2.75, 3.05) is 33.4 Å². The molecule has 1 saturated heterocycles. The first-order valence-electron chi connectivity index (χ1n) is 5.74. The van der Waals surface area contributed by atoms with E-state index in [9.17, 15) is 0 Å². The van der Waals surface area contributed by atoms with E-state index < -0.39 is 0 Å². The van der Waals surface area contributed by atoms with Gasteiger partial charge in [0.15, 0.2) is 0 Å². The van der Waals surface area contributed by atoms with E-state index >= 15 is 0 Å². The van der Waals surface area contributed by atoms with E-state index in [1.165, 1.54) is 19.4 Å². The van der Waals surface area contributed by atoms with Crippen molar-refractivity contribution in [2.45, 2.75) is 32.2 Å². The van der Waals surface area contributed by atoms with Crippen LogP contribution in [0.1, 0.15) is 26.2 Å². The zero-order valence-corrected chi connectivity index (χ0v) is 9.54. The number of likely N-dealkylation sites (N-methyl/N-ethyl adjacent to an activating group) is 1. The third-order valence-electron chi connectivity index (χ3n) is 2.98. The van der Waals surface area contributed by atoms with E-state index in [4.69, 9.17) is 10.5 Å². The molecule has 0 saturated carbocycles. The van der Waals surface area contributed by atoms with E-state index in [0.29, 0.717) is 6.04 Å².